The van der Waals surface area contributed by atoms with Gasteiger partial charge in [-0.15, -0.1) is 0 Å². The van der Waals surface area contributed by atoms with Crippen molar-refractivity contribution < 1.29 is 27.8 Å². The normalized spacial score (nSPS) is 17.2. The van der Waals surface area contributed by atoms with Gasteiger partial charge in [0.15, 0.2) is 0 Å². The summed E-state index contributed by atoms with van der Waals surface area (Å²) in [4.78, 5) is 15.8. The van der Waals surface area contributed by atoms with Gasteiger partial charge in [0.25, 0.3) is 5.92 Å². The number of nitrogens with zero attached hydrogens (tertiary/aromatic N) is 2. The van der Waals surface area contributed by atoms with Gasteiger partial charge in [-0.2, -0.15) is 0 Å². The van der Waals surface area contributed by atoms with E-state index in [9.17, 15) is 13.6 Å². The van der Waals surface area contributed by atoms with Crippen molar-refractivity contribution in [2.45, 2.75) is 45.1 Å². The number of hydrogen-bond donors (Lipinski definition) is 0. The van der Waals surface area contributed by atoms with E-state index in [4.69, 9.17) is 9.47 Å². The minimum absolute atomic E-state index is 0.327. The molecule has 8 heteroatoms. The number of carbonyl (C=O) groups is 1. The molecule has 0 aliphatic carbocycles. The summed E-state index contributed by atoms with van der Waals surface area (Å²) in [7, 11) is 1.28. The second-order valence-electron chi connectivity index (χ2n) is 8.62. The molecular formula is C21H30F2N2O4. The molecule has 2 heterocycles. The van der Waals surface area contributed by atoms with Gasteiger partial charge in [-0.25, -0.2) is 13.6 Å². The van der Waals surface area contributed by atoms with Gasteiger partial charge in [0, 0.05) is 20.2 Å². The molecule has 1 amide bonds. The largest absolute Gasteiger partial charge is 0.490 e. The zero-order chi connectivity index (χ0) is 21.2. The predicted octanol–water partition coefficient (Wildman–Crippen LogP) is 3.50. The monoisotopic (exact) mass is 412 g/mol. The maximum absolute atomic E-state index is 14.1. The minimum atomic E-state index is -2.94. The van der Waals surface area contributed by atoms with E-state index < -0.39 is 24.7 Å². The van der Waals surface area contributed by atoms with Crippen LogP contribution in [0.15, 0.2) is 12.1 Å². The first-order chi connectivity index (χ1) is 13.6. The lowest BCUT2D eigenvalue weighted by atomic mass is 10.0. The van der Waals surface area contributed by atoms with E-state index in [1.165, 1.54) is 7.11 Å². The lowest BCUT2D eigenvalue weighted by Crippen LogP contribution is -2.43. The smallest absolute Gasteiger partial charge is 0.410 e. The van der Waals surface area contributed by atoms with Gasteiger partial charge in [-0.1, -0.05) is 0 Å². The molecule has 2 aliphatic rings. The first kappa shape index (κ1) is 21.6. The van der Waals surface area contributed by atoms with Crippen molar-refractivity contribution in [3.8, 4) is 5.75 Å². The van der Waals surface area contributed by atoms with Crippen LogP contribution in [0.3, 0.4) is 0 Å². The molecule has 0 spiro atoms. The minimum Gasteiger partial charge on any atom is -0.490 e. The SMILES string of the molecule is COCC(F)(F)CN1CCOc2cc3c(cc21)CCN(C(=O)OC(C)(C)C)CC3. The molecule has 0 saturated carbocycles. The average molecular weight is 412 g/mol. The highest BCUT2D eigenvalue weighted by molar-refractivity contribution is 5.69. The molecule has 6 nitrogen and oxygen atoms in total. The lowest BCUT2D eigenvalue weighted by Gasteiger charge is -2.34. The average Bonchev–Trinajstić information content (AvgIpc) is 2.81. The molecule has 1 aromatic rings. The Morgan fingerprint density at radius 1 is 1.14 bits per heavy atom. The summed E-state index contributed by atoms with van der Waals surface area (Å²) in [5.74, 6) is -2.32. The Labute approximate surface area is 170 Å². The van der Waals surface area contributed by atoms with Crippen molar-refractivity contribution in [1.82, 2.24) is 4.90 Å². The van der Waals surface area contributed by atoms with Gasteiger partial charge in [0.05, 0.1) is 18.8 Å². The number of anilines is 1. The van der Waals surface area contributed by atoms with E-state index >= 15 is 0 Å². The number of ether oxygens (including phenoxy) is 3. The number of fused-ring (bicyclic) bond motifs is 2. The van der Waals surface area contributed by atoms with Crippen LogP contribution in [0.2, 0.25) is 0 Å². The summed E-state index contributed by atoms with van der Waals surface area (Å²) in [6, 6.07) is 3.87. The van der Waals surface area contributed by atoms with Crippen molar-refractivity contribution >= 4 is 11.8 Å². The number of alkyl halides is 2. The third-order valence-electron chi connectivity index (χ3n) is 4.97. The van der Waals surface area contributed by atoms with Crippen LogP contribution < -0.4 is 9.64 Å². The van der Waals surface area contributed by atoms with E-state index in [0.717, 1.165) is 11.1 Å². The van der Waals surface area contributed by atoms with Crippen molar-refractivity contribution in [2.24, 2.45) is 0 Å². The summed E-state index contributed by atoms with van der Waals surface area (Å²) >= 11 is 0. The first-order valence-corrected chi connectivity index (χ1v) is 9.96. The Bertz CT molecular complexity index is 749. The summed E-state index contributed by atoms with van der Waals surface area (Å²) in [6.07, 6.45) is 0.988. The molecule has 0 unspecified atom stereocenters. The summed E-state index contributed by atoms with van der Waals surface area (Å²) in [5.41, 5.74) is 2.27. The quantitative estimate of drug-likeness (QED) is 0.758. The van der Waals surface area contributed by atoms with E-state index in [2.05, 4.69) is 4.74 Å². The molecule has 0 saturated heterocycles. The maximum atomic E-state index is 14.1. The van der Waals surface area contributed by atoms with Crippen LogP contribution in [-0.2, 0) is 22.3 Å². The van der Waals surface area contributed by atoms with Gasteiger partial charge in [-0.3, -0.25) is 0 Å². The van der Waals surface area contributed by atoms with Crippen LogP contribution in [0, 0.1) is 0 Å². The molecule has 0 bridgehead atoms. The fourth-order valence-electron chi connectivity index (χ4n) is 3.70. The van der Waals surface area contributed by atoms with Crippen LogP contribution in [0.5, 0.6) is 5.75 Å². The topological polar surface area (TPSA) is 51.2 Å². The molecule has 0 radical (unpaired) electrons. The number of benzene rings is 1. The molecule has 0 N–H and O–H groups in total. The van der Waals surface area contributed by atoms with Gasteiger partial charge < -0.3 is 24.0 Å². The standard InChI is InChI=1S/C21H30F2N2O4/c1-20(2,3)29-19(26)24-7-5-15-11-17-18(12-16(15)6-8-24)28-10-9-25(17)13-21(22,23)14-27-4/h11-12H,5-10,13-14H2,1-4H3. The van der Waals surface area contributed by atoms with E-state index in [1.807, 2.05) is 32.9 Å². The lowest BCUT2D eigenvalue weighted by molar-refractivity contribution is -0.0574. The van der Waals surface area contributed by atoms with Crippen LogP contribution in [0.4, 0.5) is 19.3 Å². The van der Waals surface area contributed by atoms with E-state index in [-0.39, 0.29) is 6.09 Å². The first-order valence-electron chi connectivity index (χ1n) is 9.96. The number of hydrogen-bond acceptors (Lipinski definition) is 5. The van der Waals surface area contributed by atoms with Crippen molar-refractivity contribution in [1.29, 1.82) is 0 Å². The Kier molecular flexibility index (Phi) is 6.22. The van der Waals surface area contributed by atoms with Gasteiger partial charge in [-0.05, 0) is 56.9 Å². The second-order valence-corrected chi connectivity index (χ2v) is 8.62. The number of rotatable bonds is 4. The van der Waals surface area contributed by atoms with Gasteiger partial charge in [0.1, 0.15) is 24.6 Å². The molecule has 29 heavy (non-hydrogen) atoms. The van der Waals surface area contributed by atoms with Gasteiger partial charge >= 0.3 is 6.09 Å². The molecule has 0 fully saturated rings. The van der Waals surface area contributed by atoms with Gasteiger partial charge in [0.2, 0.25) is 0 Å². The Hall–Kier alpha value is -2.09. The number of methoxy groups -OCH3 is 1. The Morgan fingerprint density at radius 3 is 2.41 bits per heavy atom. The molecule has 0 aromatic heterocycles. The predicted molar refractivity (Wildman–Crippen MR) is 106 cm³/mol. The van der Waals surface area contributed by atoms with Crippen molar-refractivity contribution in [2.75, 3.05) is 51.4 Å². The van der Waals surface area contributed by atoms with Crippen molar-refractivity contribution in [3.63, 3.8) is 0 Å². The third kappa shape index (κ3) is 5.50. The van der Waals surface area contributed by atoms with Crippen LogP contribution >= 0.6 is 0 Å². The second kappa shape index (κ2) is 8.34. The molecular weight excluding hydrogens is 382 g/mol. The van der Waals surface area contributed by atoms with Crippen molar-refractivity contribution in [3.05, 3.63) is 23.3 Å². The highest BCUT2D eigenvalue weighted by atomic mass is 19.3. The van der Waals surface area contributed by atoms with Crippen LogP contribution in [0.25, 0.3) is 0 Å². The highest BCUT2D eigenvalue weighted by Gasteiger charge is 2.34. The fraction of sp³-hybridized carbons (Fsp3) is 0.667. The van der Waals surface area contributed by atoms with Crippen LogP contribution in [0.1, 0.15) is 31.9 Å². The summed E-state index contributed by atoms with van der Waals surface area (Å²) in [6.45, 7) is 6.34. The highest BCUT2D eigenvalue weighted by Crippen LogP contribution is 2.37. The third-order valence-corrected chi connectivity index (χ3v) is 4.97. The summed E-state index contributed by atoms with van der Waals surface area (Å²) < 4.78 is 44.1. The Morgan fingerprint density at radius 2 is 1.79 bits per heavy atom. The summed E-state index contributed by atoms with van der Waals surface area (Å²) in [5, 5.41) is 0. The molecule has 1 aromatic carbocycles. The fourth-order valence-corrected chi connectivity index (χ4v) is 3.70. The number of amides is 1. The van der Waals surface area contributed by atoms with Crippen LogP contribution in [-0.4, -0.2) is 69.0 Å². The van der Waals surface area contributed by atoms with E-state index in [0.29, 0.717) is 50.5 Å². The zero-order valence-electron chi connectivity index (χ0n) is 17.6. The zero-order valence-corrected chi connectivity index (χ0v) is 17.6. The number of carbonyl (C=O) groups excluding carboxylic acids is 1. The molecule has 2 aliphatic heterocycles. The number of halogens is 2. The maximum Gasteiger partial charge on any atom is 0.410 e. The van der Waals surface area contributed by atoms with E-state index in [1.54, 1.807) is 9.80 Å². The molecule has 3 rings (SSSR count). The molecule has 162 valence electrons. The molecule has 0 atom stereocenters. The Balaban J connectivity index is 1.77.